The molecule has 21 heavy (non-hydrogen) atoms. The number of alkyl halides is 2. The second kappa shape index (κ2) is 6.30. The lowest BCUT2D eigenvalue weighted by atomic mass is 10.1. The Hall–Kier alpha value is -1.83. The monoisotopic (exact) mass is 314 g/mol. The molecular formula is C13H16F2N4OS. The molecule has 2 heterocycles. The third-order valence-electron chi connectivity index (χ3n) is 3.15. The van der Waals surface area contributed by atoms with Crippen LogP contribution in [-0.4, -0.2) is 29.1 Å². The fourth-order valence-electron chi connectivity index (χ4n) is 2.19. The second-order valence-electron chi connectivity index (χ2n) is 4.46. The first-order valence-corrected chi connectivity index (χ1v) is 7.43. The third kappa shape index (κ3) is 2.94. The molecule has 0 aliphatic heterocycles. The van der Waals surface area contributed by atoms with Crippen LogP contribution in [0.5, 0.6) is 0 Å². The molecule has 0 aromatic carbocycles. The van der Waals surface area contributed by atoms with Crippen molar-refractivity contribution < 1.29 is 13.6 Å². The molecule has 8 heteroatoms. The molecule has 0 spiro atoms. The van der Waals surface area contributed by atoms with Crippen LogP contribution in [0.3, 0.4) is 0 Å². The van der Waals surface area contributed by atoms with E-state index in [4.69, 9.17) is 5.73 Å². The summed E-state index contributed by atoms with van der Waals surface area (Å²) in [6, 6.07) is 0. The van der Waals surface area contributed by atoms with Crippen molar-refractivity contribution in [2.75, 3.05) is 12.3 Å². The average molecular weight is 314 g/mol. The molecule has 3 N–H and O–H groups in total. The van der Waals surface area contributed by atoms with Crippen LogP contribution in [0.4, 0.5) is 14.5 Å². The van der Waals surface area contributed by atoms with Crippen molar-refractivity contribution in [1.29, 1.82) is 0 Å². The van der Waals surface area contributed by atoms with Crippen LogP contribution in [0.1, 0.15) is 34.8 Å². The number of fused-ring (bicyclic) bond motifs is 1. The van der Waals surface area contributed by atoms with Gasteiger partial charge in [0.2, 0.25) is 0 Å². The molecule has 2 rings (SSSR count). The smallest absolute Gasteiger partial charge is 0.263 e. The molecule has 0 saturated carbocycles. The summed E-state index contributed by atoms with van der Waals surface area (Å²) in [6.07, 6.45) is -1.16. The van der Waals surface area contributed by atoms with Gasteiger partial charge in [-0.3, -0.25) is 4.79 Å². The van der Waals surface area contributed by atoms with E-state index < -0.39 is 18.9 Å². The van der Waals surface area contributed by atoms with Crippen LogP contribution in [-0.2, 0) is 12.8 Å². The molecule has 5 nitrogen and oxygen atoms in total. The lowest BCUT2D eigenvalue weighted by Crippen LogP contribution is -2.28. The molecule has 114 valence electrons. The maximum atomic E-state index is 12.2. The zero-order chi connectivity index (χ0) is 15.6. The Labute approximate surface area is 124 Å². The molecule has 2 aromatic rings. The van der Waals surface area contributed by atoms with Crippen molar-refractivity contribution in [3.05, 3.63) is 16.1 Å². The van der Waals surface area contributed by atoms with Crippen molar-refractivity contribution in [2.45, 2.75) is 33.1 Å². The molecule has 0 fully saturated rings. The normalized spacial score (nSPS) is 11.3. The maximum absolute atomic E-state index is 12.2. The number of anilines is 1. The van der Waals surface area contributed by atoms with Crippen LogP contribution in [0.25, 0.3) is 10.2 Å². The number of nitrogen functional groups attached to an aromatic ring is 1. The molecule has 1 amide bonds. The third-order valence-corrected chi connectivity index (χ3v) is 4.24. The number of aryl methyl sites for hydroxylation is 2. The van der Waals surface area contributed by atoms with Crippen molar-refractivity contribution >= 4 is 33.1 Å². The number of thiophene rings is 1. The predicted octanol–water partition coefficient (Wildman–Crippen LogP) is 2.39. The summed E-state index contributed by atoms with van der Waals surface area (Å²) in [5.41, 5.74) is 8.14. The summed E-state index contributed by atoms with van der Waals surface area (Å²) in [5, 5.41) is 11.1. The summed E-state index contributed by atoms with van der Waals surface area (Å²) in [7, 11) is 0. The molecule has 0 unspecified atom stereocenters. The minimum absolute atomic E-state index is 0.211. The van der Waals surface area contributed by atoms with E-state index in [9.17, 15) is 13.6 Å². The number of halogens is 2. The van der Waals surface area contributed by atoms with Gasteiger partial charge in [0.15, 0.2) is 0 Å². The number of nitrogens with zero attached hydrogens (tertiary/aromatic N) is 2. The highest BCUT2D eigenvalue weighted by Crippen LogP contribution is 2.35. The lowest BCUT2D eigenvalue weighted by molar-refractivity contribution is 0.0896. The number of carbonyl (C=O) groups excluding carboxylic acids is 1. The Morgan fingerprint density at radius 2 is 2.05 bits per heavy atom. The van der Waals surface area contributed by atoms with E-state index in [1.807, 2.05) is 13.8 Å². The first kappa shape index (κ1) is 15.6. The van der Waals surface area contributed by atoms with Crippen LogP contribution in [0, 0.1) is 0 Å². The molecule has 0 radical (unpaired) electrons. The van der Waals surface area contributed by atoms with E-state index in [0.29, 0.717) is 23.4 Å². The quantitative estimate of drug-likeness (QED) is 0.888. The molecule has 0 atom stereocenters. The zero-order valence-electron chi connectivity index (χ0n) is 11.7. The number of nitrogens with two attached hydrogens (primary N) is 1. The van der Waals surface area contributed by atoms with Crippen molar-refractivity contribution in [2.24, 2.45) is 0 Å². The van der Waals surface area contributed by atoms with Gasteiger partial charge in [0.1, 0.15) is 9.71 Å². The van der Waals surface area contributed by atoms with Crippen molar-refractivity contribution in [1.82, 2.24) is 15.5 Å². The van der Waals surface area contributed by atoms with E-state index in [2.05, 4.69) is 15.5 Å². The van der Waals surface area contributed by atoms with Gasteiger partial charge in [0.25, 0.3) is 12.3 Å². The Morgan fingerprint density at radius 3 is 2.62 bits per heavy atom. The SMILES string of the molecule is CCc1nnc2sc(C(=O)NCC(F)F)c(N)c2c1CC. The van der Waals surface area contributed by atoms with Gasteiger partial charge >= 0.3 is 0 Å². The van der Waals surface area contributed by atoms with Crippen LogP contribution in [0.2, 0.25) is 0 Å². The van der Waals surface area contributed by atoms with Crippen LogP contribution in [0.15, 0.2) is 0 Å². The molecule has 0 bridgehead atoms. The highest BCUT2D eigenvalue weighted by molar-refractivity contribution is 7.21. The lowest BCUT2D eigenvalue weighted by Gasteiger charge is -2.06. The molecular weight excluding hydrogens is 298 g/mol. The van der Waals surface area contributed by atoms with Gasteiger partial charge in [0, 0.05) is 5.39 Å². The summed E-state index contributed by atoms with van der Waals surface area (Å²) in [4.78, 5) is 12.7. The maximum Gasteiger partial charge on any atom is 0.263 e. The molecule has 0 saturated heterocycles. The number of hydrogen-bond acceptors (Lipinski definition) is 5. The number of carbonyl (C=O) groups is 1. The zero-order valence-corrected chi connectivity index (χ0v) is 12.6. The Bertz CT molecular complexity index is 672. The number of nitrogens with one attached hydrogen (secondary N) is 1. The fraction of sp³-hybridized carbons (Fsp3) is 0.462. The van der Waals surface area contributed by atoms with E-state index in [1.54, 1.807) is 0 Å². The summed E-state index contributed by atoms with van der Waals surface area (Å²) < 4.78 is 24.3. The summed E-state index contributed by atoms with van der Waals surface area (Å²) in [6.45, 7) is 3.25. The highest BCUT2D eigenvalue weighted by Gasteiger charge is 2.21. The summed E-state index contributed by atoms with van der Waals surface area (Å²) in [5.74, 6) is -0.601. The number of aromatic nitrogens is 2. The van der Waals surface area contributed by atoms with E-state index in [0.717, 1.165) is 28.0 Å². The van der Waals surface area contributed by atoms with E-state index in [-0.39, 0.29) is 4.88 Å². The minimum Gasteiger partial charge on any atom is -0.397 e. The predicted molar refractivity (Wildman–Crippen MR) is 78.9 cm³/mol. The largest absolute Gasteiger partial charge is 0.397 e. The highest BCUT2D eigenvalue weighted by atomic mass is 32.1. The summed E-state index contributed by atoms with van der Waals surface area (Å²) >= 11 is 1.08. The Morgan fingerprint density at radius 1 is 1.33 bits per heavy atom. The second-order valence-corrected chi connectivity index (χ2v) is 5.46. The topological polar surface area (TPSA) is 80.9 Å². The first-order chi connectivity index (χ1) is 9.99. The van der Waals surface area contributed by atoms with Gasteiger partial charge in [-0.15, -0.1) is 16.4 Å². The van der Waals surface area contributed by atoms with Gasteiger partial charge in [-0.2, -0.15) is 5.10 Å². The van der Waals surface area contributed by atoms with Gasteiger partial charge in [-0.1, -0.05) is 13.8 Å². The molecule has 2 aromatic heterocycles. The Kier molecular flexibility index (Phi) is 4.66. The number of amides is 1. The van der Waals surface area contributed by atoms with E-state index in [1.165, 1.54) is 0 Å². The molecule has 0 aliphatic carbocycles. The standard InChI is InChI=1S/C13H16F2N4OS/c1-3-6-7(4-2)18-19-13-9(6)10(16)11(21-13)12(20)17-5-8(14)15/h8H,3-5,16H2,1-2H3,(H,17,20). The molecule has 0 aliphatic rings. The first-order valence-electron chi connectivity index (χ1n) is 6.62. The van der Waals surface area contributed by atoms with Crippen LogP contribution >= 0.6 is 11.3 Å². The Balaban J connectivity index is 2.48. The van der Waals surface area contributed by atoms with Crippen LogP contribution < -0.4 is 11.1 Å². The minimum atomic E-state index is -2.60. The van der Waals surface area contributed by atoms with Crippen molar-refractivity contribution in [3.63, 3.8) is 0 Å². The number of hydrogen-bond donors (Lipinski definition) is 2. The average Bonchev–Trinajstić information content (AvgIpc) is 2.81. The van der Waals surface area contributed by atoms with Gasteiger partial charge in [0.05, 0.1) is 17.9 Å². The van der Waals surface area contributed by atoms with Gasteiger partial charge in [-0.25, -0.2) is 8.78 Å². The number of rotatable bonds is 5. The fourth-order valence-corrected chi connectivity index (χ4v) is 3.17. The van der Waals surface area contributed by atoms with Gasteiger partial charge < -0.3 is 11.1 Å². The van der Waals surface area contributed by atoms with Gasteiger partial charge in [-0.05, 0) is 18.4 Å². The van der Waals surface area contributed by atoms with Crippen molar-refractivity contribution in [3.8, 4) is 0 Å². The van der Waals surface area contributed by atoms with E-state index >= 15 is 0 Å².